The van der Waals surface area contributed by atoms with Crippen LogP contribution in [0, 0.1) is 0 Å². The standard InChI is InChI=1S/C19H28SSi/c1-14(2)21(15(3)4,16(5)6)20-19-12-11-17-9-7-8-10-18(17)13-19/h7-16H,1-6H3. The first-order valence-corrected chi connectivity index (χ1v) is 11.8. The maximum Gasteiger partial charge on any atom is 0.131 e. The molecule has 0 radical (unpaired) electrons. The molecule has 0 fully saturated rings. The van der Waals surface area contributed by atoms with Crippen molar-refractivity contribution in [1.82, 2.24) is 0 Å². The highest BCUT2D eigenvalue weighted by Crippen LogP contribution is 2.52. The molecule has 2 rings (SSSR count). The average molecular weight is 317 g/mol. The number of fused-ring (bicyclic) bond motifs is 1. The number of hydrogen-bond donors (Lipinski definition) is 0. The van der Waals surface area contributed by atoms with Crippen molar-refractivity contribution in [2.75, 3.05) is 0 Å². The average Bonchev–Trinajstić information content (AvgIpc) is 2.43. The third-order valence-electron chi connectivity index (χ3n) is 4.72. The molecule has 0 saturated carbocycles. The van der Waals surface area contributed by atoms with E-state index in [1.54, 1.807) is 0 Å². The second kappa shape index (κ2) is 6.58. The second-order valence-electron chi connectivity index (χ2n) is 6.93. The fourth-order valence-corrected chi connectivity index (χ4v) is 13.0. The van der Waals surface area contributed by atoms with Crippen LogP contribution in [0.2, 0.25) is 16.6 Å². The van der Waals surface area contributed by atoms with Crippen molar-refractivity contribution in [2.24, 2.45) is 0 Å². The first kappa shape index (κ1) is 16.6. The molecule has 0 unspecified atom stereocenters. The molecule has 0 heterocycles. The van der Waals surface area contributed by atoms with Crippen LogP contribution < -0.4 is 0 Å². The van der Waals surface area contributed by atoms with Crippen LogP contribution >= 0.6 is 11.2 Å². The van der Waals surface area contributed by atoms with E-state index in [0.717, 1.165) is 16.6 Å². The Bertz CT molecular complexity index is 580. The fraction of sp³-hybridized carbons (Fsp3) is 0.474. The lowest BCUT2D eigenvalue weighted by Gasteiger charge is -2.42. The largest absolute Gasteiger partial charge is 0.150 e. The molecule has 0 aliphatic rings. The minimum absolute atomic E-state index is 0.786. The van der Waals surface area contributed by atoms with E-state index < -0.39 is 7.22 Å². The molecule has 0 bridgehead atoms. The van der Waals surface area contributed by atoms with Crippen LogP contribution in [0.25, 0.3) is 10.8 Å². The van der Waals surface area contributed by atoms with Gasteiger partial charge in [-0.15, -0.1) is 0 Å². The van der Waals surface area contributed by atoms with Gasteiger partial charge in [0.2, 0.25) is 0 Å². The Morgan fingerprint density at radius 1 is 0.714 bits per heavy atom. The Balaban J connectivity index is 2.43. The molecule has 0 aromatic heterocycles. The van der Waals surface area contributed by atoms with Crippen molar-refractivity contribution in [3.05, 3.63) is 42.5 Å². The zero-order valence-corrected chi connectivity index (χ0v) is 16.0. The first-order valence-electron chi connectivity index (χ1n) is 8.05. The highest BCUT2D eigenvalue weighted by molar-refractivity contribution is 8.29. The summed E-state index contributed by atoms with van der Waals surface area (Å²) in [6, 6.07) is 15.7. The third kappa shape index (κ3) is 3.22. The number of hydrogen-bond acceptors (Lipinski definition) is 1. The molecule has 0 amide bonds. The van der Waals surface area contributed by atoms with Crippen LogP contribution in [-0.4, -0.2) is 7.22 Å². The van der Waals surface area contributed by atoms with Gasteiger partial charge in [-0.3, -0.25) is 0 Å². The number of benzene rings is 2. The smallest absolute Gasteiger partial charge is 0.131 e. The summed E-state index contributed by atoms with van der Waals surface area (Å²) in [7, 11) is -1.44. The van der Waals surface area contributed by atoms with Gasteiger partial charge < -0.3 is 0 Å². The van der Waals surface area contributed by atoms with Gasteiger partial charge in [-0.2, -0.15) is 11.2 Å². The van der Waals surface area contributed by atoms with E-state index in [-0.39, 0.29) is 0 Å². The summed E-state index contributed by atoms with van der Waals surface area (Å²) in [6.45, 7) is 14.6. The topological polar surface area (TPSA) is 0 Å². The number of rotatable bonds is 5. The third-order valence-corrected chi connectivity index (χ3v) is 17.0. The summed E-state index contributed by atoms with van der Waals surface area (Å²) < 4.78 is 0. The molecule has 0 saturated heterocycles. The van der Waals surface area contributed by atoms with Crippen LogP contribution in [-0.2, 0) is 0 Å². The van der Waals surface area contributed by atoms with Crippen LogP contribution in [0.1, 0.15) is 41.5 Å². The van der Waals surface area contributed by atoms with Crippen molar-refractivity contribution in [2.45, 2.75) is 63.1 Å². The molecule has 2 heteroatoms. The van der Waals surface area contributed by atoms with Crippen molar-refractivity contribution >= 4 is 29.2 Å². The monoisotopic (exact) mass is 316 g/mol. The van der Waals surface area contributed by atoms with E-state index in [9.17, 15) is 0 Å². The van der Waals surface area contributed by atoms with Crippen molar-refractivity contribution in [3.63, 3.8) is 0 Å². The summed E-state index contributed by atoms with van der Waals surface area (Å²) in [5.41, 5.74) is 2.36. The lowest BCUT2D eigenvalue weighted by atomic mass is 10.1. The zero-order valence-electron chi connectivity index (χ0n) is 14.2. The highest BCUT2D eigenvalue weighted by Gasteiger charge is 2.43. The van der Waals surface area contributed by atoms with Gasteiger partial charge in [0, 0.05) is 4.90 Å². The van der Waals surface area contributed by atoms with Crippen LogP contribution in [0.4, 0.5) is 0 Å². The van der Waals surface area contributed by atoms with Gasteiger partial charge in [0.1, 0.15) is 7.22 Å². The minimum atomic E-state index is -1.44. The first-order chi connectivity index (χ1) is 9.87. The molecule has 0 nitrogen and oxygen atoms in total. The molecular formula is C19H28SSi. The molecule has 0 spiro atoms. The van der Waals surface area contributed by atoms with Gasteiger partial charge in [-0.1, -0.05) is 71.9 Å². The lowest BCUT2D eigenvalue weighted by molar-refractivity contribution is 0.851. The van der Waals surface area contributed by atoms with Crippen molar-refractivity contribution < 1.29 is 0 Å². The van der Waals surface area contributed by atoms with Gasteiger partial charge in [0.15, 0.2) is 0 Å². The summed E-state index contributed by atoms with van der Waals surface area (Å²) in [5, 5.41) is 2.70. The molecular weight excluding hydrogens is 288 g/mol. The predicted molar refractivity (Wildman–Crippen MR) is 101 cm³/mol. The van der Waals surface area contributed by atoms with E-state index in [0.29, 0.717) is 0 Å². The molecule has 0 N–H and O–H groups in total. The Labute approximate surface area is 135 Å². The summed E-state index contributed by atoms with van der Waals surface area (Å²) in [4.78, 5) is 1.46. The molecule has 0 aliphatic carbocycles. The summed E-state index contributed by atoms with van der Waals surface area (Å²) in [5.74, 6) is 0. The Kier molecular flexibility index (Phi) is 5.21. The Hall–Kier alpha value is -0.733. The molecule has 2 aromatic carbocycles. The highest BCUT2D eigenvalue weighted by atomic mass is 32.4. The molecule has 0 aliphatic heterocycles. The minimum Gasteiger partial charge on any atom is -0.150 e. The van der Waals surface area contributed by atoms with E-state index in [1.165, 1.54) is 15.7 Å². The van der Waals surface area contributed by atoms with Gasteiger partial charge in [0.05, 0.1) is 0 Å². The summed E-state index contributed by atoms with van der Waals surface area (Å²) in [6.07, 6.45) is 0. The van der Waals surface area contributed by atoms with Crippen molar-refractivity contribution in [1.29, 1.82) is 0 Å². The molecule has 0 atom stereocenters. The summed E-state index contributed by atoms with van der Waals surface area (Å²) >= 11 is 2.21. The Morgan fingerprint density at radius 3 is 1.76 bits per heavy atom. The molecule has 114 valence electrons. The molecule has 2 aromatic rings. The van der Waals surface area contributed by atoms with Gasteiger partial charge >= 0.3 is 0 Å². The van der Waals surface area contributed by atoms with E-state index in [1.807, 2.05) is 0 Å². The quantitative estimate of drug-likeness (QED) is 0.530. The zero-order chi connectivity index (χ0) is 15.6. The van der Waals surface area contributed by atoms with E-state index in [2.05, 4.69) is 95.2 Å². The van der Waals surface area contributed by atoms with Gasteiger partial charge in [0.25, 0.3) is 0 Å². The predicted octanol–water partition coefficient (Wildman–Crippen LogP) is 7.11. The fourth-order valence-electron chi connectivity index (χ4n) is 3.79. The second-order valence-corrected chi connectivity index (χ2v) is 15.5. The molecule has 21 heavy (non-hydrogen) atoms. The van der Waals surface area contributed by atoms with E-state index >= 15 is 0 Å². The SMILES string of the molecule is CC(C)[Si](Sc1ccc2ccccc2c1)(C(C)C)C(C)C. The lowest BCUT2D eigenvalue weighted by Crippen LogP contribution is -2.40. The van der Waals surface area contributed by atoms with E-state index in [4.69, 9.17) is 0 Å². The van der Waals surface area contributed by atoms with Gasteiger partial charge in [-0.25, -0.2) is 0 Å². The Morgan fingerprint density at radius 2 is 1.24 bits per heavy atom. The van der Waals surface area contributed by atoms with Crippen LogP contribution in [0.3, 0.4) is 0 Å². The van der Waals surface area contributed by atoms with Crippen LogP contribution in [0.5, 0.6) is 0 Å². The maximum atomic E-state index is 2.43. The van der Waals surface area contributed by atoms with Gasteiger partial charge in [-0.05, 0) is 39.5 Å². The maximum absolute atomic E-state index is 2.43. The normalized spacial score (nSPS) is 12.8. The van der Waals surface area contributed by atoms with Crippen LogP contribution in [0.15, 0.2) is 47.4 Å². The van der Waals surface area contributed by atoms with Crippen molar-refractivity contribution in [3.8, 4) is 0 Å².